The summed E-state index contributed by atoms with van der Waals surface area (Å²) in [5, 5.41) is 2.78. The Balaban J connectivity index is 1.57. The van der Waals surface area contributed by atoms with Crippen LogP contribution in [0, 0.1) is 5.82 Å². The molecule has 0 saturated heterocycles. The van der Waals surface area contributed by atoms with Crippen LogP contribution in [0.4, 0.5) is 10.1 Å². The maximum Gasteiger partial charge on any atom is 0.253 e. The number of rotatable bonds is 5. The summed E-state index contributed by atoms with van der Waals surface area (Å²) >= 11 is 1.45. The van der Waals surface area contributed by atoms with Crippen molar-refractivity contribution in [2.75, 3.05) is 31.3 Å². The molecule has 0 saturated carbocycles. The molecule has 0 aliphatic carbocycles. The molecule has 130 valence electrons. The molecule has 1 heterocycles. The number of halogens is 1. The molecule has 0 atom stereocenters. The van der Waals surface area contributed by atoms with Gasteiger partial charge in [-0.25, -0.2) is 4.39 Å². The van der Waals surface area contributed by atoms with Gasteiger partial charge in [-0.1, -0.05) is 0 Å². The number of carbonyl (C=O) groups is 2. The van der Waals surface area contributed by atoms with Gasteiger partial charge in [0.15, 0.2) is 0 Å². The van der Waals surface area contributed by atoms with E-state index in [0.29, 0.717) is 35.9 Å². The van der Waals surface area contributed by atoms with Crippen LogP contribution in [0.25, 0.3) is 0 Å². The van der Waals surface area contributed by atoms with Crippen LogP contribution in [-0.2, 0) is 4.79 Å². The number of fused-ring (bicyclic) bond motifs is 1. The first kappa shape index (κ1) is 17.3. The van der Waals surface area contributed by atoms with Gasteiger partial charge in [-0.05, 0) is 42.5 Å². The highest BCUT2D eigenvalue weighted by atomic mass is 32.2. The number of thioether (sulfide) groups is 1. The smallest absolute Gasteiger partial charge is 0.253 e. The summed E-state index contributed by atoms with van der Waals surface area (Å²) in [6, 6.07) is 11.0. The Bertz CT molecular complexity index is 795. The van der Waals surface area contributed by atoms with Crippen LogP contribution in [0.2, 0.25) is 0 Å². The molecule has 2 amide bonds. The van der Waals surface area contributed by atoms with Crippen molar-refractivity contribution in [1.29, 1.82) is 0 Å². The standard InChI is InChI=1S/C18H17FN2O3S/c1-21(8-9-24-14-5-3-13(19)4-6-14)18(23)12-2-7-16-15(10-12)20-17(22)11-25-16/h2-7,10H,8-9,11H2,1H3,(H,20,22). The Labute approximate surface area is 149 Å². The van der Waals surface area contributed by atoms with Gasteiger partial charge in [0.1, 0.15) is 18.2 Å². The minimum Gasteiger partial charge on any atom is -0.492 e. The molecule has 1 N–H and O–H groups in total. The van der Waals surface area contributed by atoms with Crippen molar-refractivity contribution in [3.63, 3.8) is 0 Å². The van der Waals surface area contributed by atoms with E-state index in [1.165, 1.54) is 23.9 Å². The second kappa shape index (κ2) is 7.57. The Morgan fingerprint density at radius 3 is 2.80 bits per heavy atom. The zero-order valence-corrected chi connectivity index (χ0v) is 14.4. The molecule has 0 fully saturated rings. The van der Waals surface area contributed by atoms with E-state index in [1.54, 1.807) is 36.2 Å². The first-order valence-corrected chi connectivity index (χ1v) is 8.72. The van der Waals surface area contributed by atoms with Gasteiger partial charge >= 0.3 is 0 Å². The van der Waals surface area contributed by atoms with E-state index in [1.807, 2.05) is 6.07 Å². The lowest BCUT2D eigenvalue weighted by Gasteiger charge is -2.20. The van der Waals surface area contributed by atoms with Crippen molar-refractivity contribution in [1.82, 2.24) is 4.90 Å². The molecule has 2 aromatic carbocycles. The molecule has 0 aromatic heterocycles. The maximum absolute atomic E-state index is 12.8. The number of benzene rings is 2. The third kappa shape index (κ3) is 4.30. The predicted molar refractivity (Wildman–Crippen MR) is 94.7 cm³/mol. The number of ether oxygens (including phenoxy) is 1. The molecule has 0 radical (unpaired) electrons. The summed E-state index contributed by atoms with van der Waals surface area (Å²) in [5.74, 6) is 0.396. The van der Waals surface area contributed by atoms with Gasteiger partial charge < -0.3 is 15.0 Å². The maximum atomic E-state index is 12.8. The van der Waals surface area contributed by atoms with Crippen molar-refractivity contribution < 1.29 is 18.7 Å². The highest BCUT2D eigenvalue weighted by molar-refractivity contribution is 8.00. The fourth-order valence-corrected chi connectivity index (χ4v) is 3.16. The van der Waals surface area contributed by atoms with E-state index in [2.05, 4.69) is 5.32 Å². The third-order valence-corrected chi connectivity index (χ3v) is 4.79. The molecule has 25 heavy (non-hydrogen) atoms. The SMILES string of the molecule is CN(CCOc1ccc(F)cc1)C(=O)c1ccc2c(c1)NC(=O)CS2. The molecule has 2 aromatic rings. The van der Waals surface area contributed by atoms with Gasteiger partial charge in [-0.15, -0.1) is 11.8 Å². The van der Waals surface area contributed by atoms with Crippen molar-refractivity contribution in [3.05, 3.63) is 53.8 Å². The zero-order chi connectivity index (χ0) is 17.8. The first-order valence-electron chi connectivity index (χ1n) is 7.73. The van der Waals surface area contributed by atoms with Crippen molar-refractivity contribution in [2.45, 2.75) is 4.90 Å². The van der Waals surface area contributed by atoms with Gasteiger partial charge in [-0.3, -0.25) is 9.59 Å². The minimum absolute atomic E-state index is 0.0665. The predicted octanol–water partition coefficient (Wildman–Crippen LogP) is 3.02. The van der Waals surface area contributed by atoms with Gasteiger partial charge in [0, 0.05) is 17.5 Å². The summed E-state index contributed by atoms with van der Waals surface area (Å²) < 4.78 is 18.3. The summed E-state index contributed by atoms with van der Waals surface area (Å²) in [7, 11) is 1.68. The molecular formula is C18H17FN2O3S. The van der Waals surface area contributed by atoms with Crippen LogP contribution in [-0.4, -0.2) is 42.7 Å². The summed E-state index contributed by atoms with van der Waals surface area (Å²) in [5.41, 5.74) is 1.17. The van der Waals surface area contributed by atoms with Crippen LogP contribution >= 0.6 is 11.8 Å². The van der Waals surface area contributed by atoms with Gasteiger partial charge in [0.25, 0.3) is 5.91 Å². The Morgan fingerprint density at radius 1 is 1.28 bits per heavy atom. The molecule has 1 aliphatic rings. The molecule has 0 bridgehead atoms. The third-order valence-electron chi connectivity index (χ3n) is 3.72. The van der Waals surface area contributed by atoms with Gasteiger partial charge in [0.05, 0.1) is 18.0 Å². The number of carbonyl (C=O) groups excluding carboxylic acids is 2. The number of nitrogens with zero attached hydrogens (tertiary/aromatic N) is 1. The van der Waals surface area contributed by atoms with Crippen molar-refractivity contribution >= 4 is 29.3 Å². The summed E-state index contributed by atoms with van der Waals surface area (Å²) in [6.07, 6.45) is 0. The van der Waals surface area contributed by atoms with E-state index in [-0.39, 0.29) is 17.6 Å². The molecule has 0 unspecified atom stereocenters. The molecular weight excluding hydrogens is 343 g/mol. The lowest BCUT2D eigenvalue weighted by atomic mass is 10.1. The Morgan fingerprint density at radius 2 is 2.04 bits per heavy atom. The monoisotopic (exact) mass is 360 g/mol. The average Bonchev–Trinajstić information content (AvgIpc) is 2.62. The number of hydrogen-bond donors (Lipinski definition) is 1. The zero-order valence-electron chi connectivity index (χ0n) is 13.6. The number of nitrogens with one attached hydrogen (secondary N) is 1. The topological polar surface area (TPSA) is 58.6 Å². The summed E-state index contributed by atoms with van der Waals surface area (Å²) in [6.45, 7) is 0.680. The van der Waals surface area contributed by atoms with E-state index in [0.717, 1.165) is 4.90 Å². The van der Waals surface area contributed by atoms with E-state index >= 15 is 0 Å². The molecule has 0 spiro atoms. The highest BCUT2D eigenvalue weighted by Crippen LogP contribution is 2.32. The van der Waals surface area contributed by atoms with Crippen molar-refractivity contribution in [2.24, 2.45) is 0 Å². The number of likely N-dealkylation sites (N-methyl/N-ethyl adjacent to an activating group) is 1. The van der Waals surface area contributed by atoms with Crippen LogP contribution in [0.15, 0.2) is 47.4 Å². The minimum atomic E-state index is -0.322. The fraction of sp³-hybridized carbons (Fsp3) is 0.222. The second-order valence-corrected chi connectivity index (χ2v) is 6.59. The van der Waals surface area contributed by atoms with E-state index in [9.17, 15) is 14.0 Å². The fourth-order valence-electron chi connectivity index (χ4n) is 2.37. The first-order chi connectivity index (χ1) is 12.0. The quantitative estimate of drug-likeness (QED) is 0.890. The van der Waals surface area contributed by atoms with Crippen LogP contribution < -0.4 is 10.1 Å². The lowest BCUT2D eigenvalue weighted by molar-refractivity contribution is -0.113. The van der Waals surface area contributed by atoms with Crippen LogP contribution in [0.5, 0.6) is 5.75 Å². The van der Waals surface area contributed by atoms with Gasteiger partial charge in [-0.2, -0.15) is 0 Å². The van der Waals surface area contributed by atoms with E-state index < -0.39 is 0 Å². The second-order valence-electron chi connectivity index (χ2n) is 5.58. The van der Waals surface area contributed by atoms with E-state index in [4.69, 9.17) is 4.74 Å². The largest absolute Gasteiger partial charge is 0.492 e. The van der Waals surface area contributed by atoms with Gasteiger partial charge in [0.2, 0.25) is 5.91 Å². The highest BCUT2D eigenvalue weighted by Gasteiger charge is 2.18. The van der Waals surface area contributed by atoms with Crippen molar-refractivity contribution in [3.8, 4) is 5.75 Å². The molecule has 1 aliphatic heterocycles. The average molecular weight is 360 g/mol. The van der Waals surface area contributed by atoms with Crippen LogP contribution in [0.3, 0.4) is 0 Å². The van der Waals surface area contributed by atoms with Crippen LogP contribution in [0.1, 0.15) is 10.4 Å². The number of amides is 2. The number of hydrogen-bond acceptors (Lipinski definition) is 4. The molecule has 3 rings (SSSR count). The Kier molecular flexibility index (Phi) is 5.23. The number of anilines is 1. The normalized spacial score (nSPS) is 13.0. The molecule has 7 heteroatoms. The summed E-state index contributed by atoms with van der Waals surface area (Å²) in [4.78, 5) is 26.5. The Hall–Kier alpha value is -2.54. The molecule has 5 nitrogen and oxygen atoms in total. The lowest BCUT2D eigenvalue weighted by Crippen LogP contribution is -2.31.